The number of ether oxygens (including phenoxy) is 2. The highest BCUT2D eigenvalue weighted by Crippen LogP contribution is 2.30. The van der Waals surface area contributed by atoms with Gasteiger partial charge in [-0.2, -0.15) is 0 Å². The number of hydrogen-bond donors (Lipinski definition) is 1. The maximum absolute atomic E-state index is 11.8. The highest BCUT2D eigenvalue weighted by Gasteiger charge is 2.27. The van der Waals surface area contributed by atoms with E-state index in [0.717, 1.165) is 22.4 Å². The second kappa shape index (κ2) is 6.57. The van der Waals surface area contributed by atoms with E-state index in [2.05, 4.69) is 0 Å². The molecule has 19 heavy (non-hydrogen) atoms. The van der Waals surface area contributed by atoms with Gasteiger partial charge in [0.1, 0.15) is 5.75 Å². The predicted molar refractivity (Wildman–Crippen MR) is 75.2 cm³/mol. The van der Waals surface area contributed by atoms with E-state index in [1.165, 1.54) is 7.11 Å². The van der Waals surface area contributed by atoms with Crippen LogP contribution in [-0.4, -0.2) is 20.2 Å². The number of rotatable bonds is 5. The van der Waals surface area contributed by atoms with Crippen LogP contribution in [0.3, 0.4) is 0 Å². The molecule has 106 valence electrons. The summed E-state index contributed by atoms with van der Waals surface area (Å²) in [5, 5.41) is 0. The van der Waals surface area contributed by atoms with E-state index in [0.29, 0.717) is 6.42 Å². The van der Waals surface area contributed by atoms with Crippen LogP contribution < -0.4 is 10.5 Å². The van der Waals surface area contributed by atoms with Crippen molar-refractivity contribution in [3.05, 3.63) is 28.8 Å². The van der Waals surface area contributed by atoms with Gasteiger partial charge >= 0.3 is 5.97 Å². The molecular formula is C15H23NO3. The van der Waals surface area contributed by atoms with Crippen LogP contribution in [0.2, 0.25) is 0 Å². The summed E-state index contributed by atoms with van der Waals surface area (Å²) in [7, 11) is 3.04. The molecule has 1 rings (SSSR count). The van der Waals surface area contributed by atoms with Crippen molar-refractivity contribution < 1.29 is 14.3 Å². The van der Waals surface area contributed by atoms with Crippen LogP contribution in [0, 0.1) is 19.8 Å². The summed E-state index contributed by atoms with van der Waals surface area (Å²) >= 11 is 0. The maximum Gasteiger partial charge on any atom is 0.310 e. The van der Waals surface area contributed by atoms with E-state index in [1.807, 2.05) is 32.9 Å². The largest absolute Gasteiger partial charge is 0.496 e. The topological polar surface area (TPSA) is 61.5 Å². The van der Waals surface area contributed by atoms with Gasteiger partial charge < -0.3 is 15.2 Å². The van der Waals surface area contributed by atoms with Crippen LogP contribution in [0.5, 0.6) is 5.75 Å². The van der Waals surface area contributed by atoms with Crippen molar-refractivity contribution in [1.82, 2.24) is 0 Å². The Balaban J connectivity index is 3.14. The molecule has 0 aromatic heterocycles. The SMILES string of the molecule is CCC(C(=O)OC)C(N)c1cc(C)c(OC)cc1C. The molecule has 2 N–H and O–H groups in total. The van der Waals surface area contributed by atoms with Gasteiger partial charge in [-0.1, -0.05) is 13.0 Å². The molecule has 0 aliphatic rings. The summed E-state index contributed by atoms with van der Waals surface area (Å²) in [4.78, 5) is 11.8. The van der Waals surface area contributed by atoms with Crippen LogP contribution in [0.1, 0.15) is 36.1 Å². The van der Waals surface area contributed by atoms with Crippen LogP contribution in [0.15, 0.2) is 12.1 Å². The third-order valence-electron chi connectivity index (χ3n) is 3.52. The zero-order chi connectivity index (χ0) is 14.6. The van der Waals surface area contributed by atoms with Crippen LogP contribution in [-0.2, 0) is 9.53 Å². The first kappa shape index (κ1) is 15.5. The number of benzene rings is 1. The van der Waals surface area contributed by atoms with Gasteiger partial charge in [0.25, 0.3) is 0 Å². The lowest BCUT2D eigenvalue weighted by molar-refractivity contribution is -0.146. The van der Waals surface area contributed by atoms with Crippen LogP contribution in [0.25, 0.3) is 0 Å². The Morgan fingerprint density at radius 1 is 1.26 bits per heavy atom. The lowest BCUT2D eigenvalue weighted by Crippen LogP contribution is -2.29. The molecule has 2 atom stereocenters. The van der Waals surface area contributed by atoms with Gasteiger partial charge in [0, 0.05) is 6.04 Å². The molecular weight excluding hydrogens is 242 g/mol. The quantitative estimate of drug-likeness (QED) is 0.831. The van der Waals surface area contributed by atoms with Crippen molar-refractivity contribution in [2.75, 3.05) is 14.2 Å². The van der Waals surface area contributed by atoms with Gasteiger partial charge in [-0.15, -0.1) is 0 Å². The summed E-state index contributed by atoms with van der Waals surface area (Å²) in [5.74, 6) is 0.249. The van der Waals surface area contributed by atoms with Crippen molar-refractivity contribution in [3.63, 3.8) is 0 Å². The van der Waals surface area contributed by atoms with Gasteiger partial charge in [-0.05, 0) is 43.0 Å². The van der Waals surface area contributed by atoms with Crippen molar-refractivity contribution in [2.45, 2.75) is 33.2 Å². The Labute approximate surface area is 114 Å². The monoisotopic (exact) mass is 265 g/mol. The molecule has 0 bridgehead atoms. The Morgan fingerprint density at radius 2 is 1.89 bits per heavy atom. The normalized spacial score (nSPS) is 13.8. The minimum absolute atomic E-state index is 0.261. The first-order chi connectivity index (χ1) is 8.96. The van der Waals surface area contributed by atoms with Crippen molar-refractivity contribution in [3.8, 4) is 5.75 Å². The van der Waals surface area contributed by atoms with Crippen molar-refractivity contribution in [1.29, 1.82) is 0 Å². The molecule has 2 unspecified atom stereocenters. The number of nitrogens with two attached hydrogens (primary N) is 1. The molecule has 0 saturated carbocycles. The number of carbonyl (C=O) groups is 1. The van der Waals surface area contributed by atoms with E-state index in [-0.39, 0.29) is 17.9 Å². The fraction of sp³-hybridized carbons (Fsp3) is 0.533. The molecule has 0 saturated heterocycles. The maximum atomic E-state index is 11.8. The predicted octanol–water partition coefficient (Wildman–Crippen LogP) is 2.51. The molecule has 4 heteroatoms. The Kier molecular flexibility index (Phi) is 5.36. The highest BCUT2D eigenvalue weighted by atomic mass is 16.5. The number of carbonyl (C=O) groups excluding carboxylic acids is 1. The molecule has 0 fully saturated rings. The third kappa shape index (κ3) is 3.26. The van der Waals surface area contributed by atoms with Crippen LogP contribution in [0.4, 0.5) is 0 Å². The Hall–Kier alpha value is -1.55. The molecule has 0 radical (unpaired) electrons. The van der Waals surface area contributed by atoms with E-state index in [4.69, 9.17) is 15.2 Å². The summed E-state index contributed by atoms with van der Waals surface area (Å²) < 4.78 is 10.1. The number of esters is 1. The zero-order valence-electron chi connectivity index (χ0n) is 12.3. The zero-order valence-corrected chi connectivity index (χ0v) is 12.3. The second-order valence-electron chi connectivity index (χ2n) is 4.74. The Bertz CT molecular complexity index is 457. The fourth-order valence-electron chi connectivity index (χ4n) is 2.33. The minimum Gasteiger partial charge on any atom is -0.496 e. The average Bonchev–Trinajstić information content (AvgIpc) is 2.41. The van der Waals surface area contributed by atoms with E-state index >= 15 is 0 Å². The van der Waals surface area contributed by atoms with Gasteiger partial charge in [-0.3, -0.25) is 4.79 Å². The molecule has 1 aromatic rings. The smallest absolute Gasteiger partial charge is 0.310 e. The molecule has 0 aliphatic carbocycles. The van der Waals surface area contributed by atoms with Crippen molar-refractivity contribution in [2.24, 2.45) is 11.7 Å². The van der Waals surface area contributed by atoms with E-state index < -0.39 is 0 Å². The minimum atomic E-state index is -0.359. The number of hydrogen-bond acceptors (Lipinski definition) is 4. The summed E-state index contributed by atoms with van der Waals surface area (Å²) in [6, 6.07) is 3.58. The molecule has 0 aliphatic heterocycles. The summed E-state index contributed by atoms with van der Waals surface area (Å²) in [6.07, 6.45) is 0.651. The summed E-state index contributed by atoms with van der Waals surface area (Å²) in [5.41, 5.74) is 9.25. The lowest BCUT2D eigenvalue weighted by atomic mass is 9.88. The first-order valence-corrected chi connectivity index (χ1v) is 6.44. The first-order valence-electron chi connectivity index (χ1n) is 6.44. The molecule has 4 nitrogen and oxygen atoms in total. The van der Waals surface area contributed by atoms with Gasteiger partial charge in [0.15, 0.2) is 0 Å². The van der Waals surface area contributed by atoms with Crippen LogP contribution >= 0.6 is 0 Å². The summed E-state index contributed by atoms with van der Waals surface area (Å²) in [6.45, 7) is 5.88. The van der Waals surface area contributed by atoms with Crippen molar-refractivity contribution >= 4 is 5.97 Å². The third-order valence-corrected chi connectivity index (χ3v) is 3.52. The van der Waals surface area contributed by atoms with Gasteiger partial charge in [0.2, 0.25) is 0 Å². The highest BCUT2D eigenvalue weighted by molar-refractivity contribution is 5.73. The van der Waals surface area contributed by atoms with E-state index in [1.54, 1.807) is 7.11 Å². The van der Waals surface area contributed by atoms with E-state index in [9.17, 15) is 4.79 Å². The van der Waals surface area contributed by atoms with Gasteiger partial charge in [-0.25, -0.2) is 0 Å². The standard InChI is InChI=1S/C15H23NO3/c1-6-11(15(17)19-5)14(16)12-7-10(3)13(18-4)8-9(12)2/h7-8,11,14H,6,16H2,1-5H3. The number of methoxy groups -OCH3 is 2. The molecule has 1 aromatic carbocycles. The fourth-order valence-corrected chi connectivity index (χ4v) is 2.33. The molecule has 0 amide bonds. The average molecular weight is 265 g/mol. The lowest BCUT2D eigenvalue weighted by Gasteiger charge is -2.23. The Morgan fingerprint density at radius 3 is 2.37 bits per heavy atom. The molecule has 0 spiro atoms. The number of aryl methyl sites for hydroxylation is 2. The molecule has 0 heterocycles. The van der Waals surface area contributed by atoms with Gasteiger partial charge in [0.05, 0.1) is 20.1 Å². The second-order valence-corrected chi connectivity index (χ2v) is 4.74.